The molecule has 0 aliphatic carbocycles. The Morgan fingerprint density at radius 1 is 0.944 bits per heavy atom. The Morgan fingerprint density at radius 3 is 2.39 bits per heavy atom. The van der Waals surface area contributed by atoms with Gasteiger partial charge in [0.15, 0.2) is 6.10 Å². The summed E-state index contributed by atoms with van der Waals surface area (Å²) in [4.78, 5) is 12.1. The van der Waals surface area contributed by atoms with Gasteiger partial charge in [0.25, 0.3) is 0 Å². The van der Waals surface area contributed by atoms with Crippen molar-refractivity contribution >= 4 is 5.78 Å². The third-order valence-electron chi connectivity index (χ3n) is 3.09. The molecule has 18 heavy (non-hydrogen) atoms. The lowest BCUT2D eigenvalue weighted by molar-refractivity contribution is -0.137. The van der Waals surface area contributed by atoms with Crippen LogP contribution in [0.4, 0.5) is 0 Å². The third kappa shape index (κ3) is 1.69. The van der Waals surface area contributed by atoms with Crippen molar-refractivity contribution in [1.82, 2.24) is 0 Å². The van der Waals surface area contributed by atoms with E-state index in [1.54, 1.807) is 18.2 Å². The number of carbonyl (C=O) groups excluding carboxylic acids is 1. The van der Waals surface area contributed by atoms with Crippen LogP contribution >= 0.6 is 0 Å². The number of aliphatic hydroxyl groups excluding tert-OH is 1. The van der Waals surface area contributed by atoms with E-state index in [-0.39, 0.29) is 5.78 Å². The van der Waals surface area contributed by atoms with Crippen molar-refractivity contribution < 1.29 is 14.6 Å². The Morgan fingerprint density at radius 2 is 1.61 bits per heavy atom. The molecule has 0 radical (unpaired) electrons. The molecule has 0 amide bonds. The Bertz CT molecular complexity index is 577. The zero-order valence-electron chi connectivity index (χ0n) is 9.61. The summed E-state index contributed by atoms with van der Waals surface area (Å²) in [5, 5.41) is 10.0. The first-order valence-corrected chi connectivity index (χ1v) is 5.79. The number of ketones is 1. The van der Waals surface area contributed by atoms with Crippen LogP contribution in [0.2, 0.25) is 0 Å². The minimum atomic E-state index is -1.11. The largest absolute Gasteiger partial charge is 0.477 e. The molecule has 0 fully saturated rings. The van der Waals surface area contributed by atoms with Gasteiger partial charge in [0.2, 0.25) is 5.78 Å². The average molecular weight is 240 g/mol. The molecule has 0 saturated carbocycles. The van der Waals surface area contributed by atoms with Crippen molar-refractivity contribution in [3.05, 3.63) is 65.7 Å². The van der Waals surface area contributed by atoms with Crippen LogP contribution in [-0.2, 0) is 4.79 Å². The molecule has 0 bridgehead atoms. The molecule has 0 aromatic heterocycles. The summed E-state index contributed by atoms with van der Waals surface area (Å²) in [5.41, 5.74) is 1.30. The van der Waals surface area contributed by atoms with E-state index in [1.165, 1.54) is 0 Å². The fraction of sp³-hybridized carbons (Fsp3) is 0.133. The highest BCUT2D eigenvalue weighted by molar-refractivity contribution is 5.91. The number of ether oxygens (including phenoxy) is 1. The van der Waals surface area contributed by atoms with E-state index >= 15 is 0 Å². The number of Topliss-reactive ketones (excluding diaryl/α,β-unsaturated/α-hetero) is 1. The maximum absolute atomic E-state index is 12.1. The highest BCUT2D eigenvalue weighted by Crippen LogP contribution is 2.37. The molecule has 3 heteroatoms. The van der Waals surface area contributed by atoms with Gasteiger partial charge in [0.1, 0.15) is 11.9 Å². The van der Waals surface area contributed by atoms with E-state index in [1.807, 2.05) is 36.4 Å². The zero-order valence-corrected chi connectivity index (χ0v) is 9.61. The summed E-state index contributed by atoms with van der Waals surface area (Å²) in [7, 11) is 0. The Labute approximate surface area is 105 Å². The van der Waals surface area contributed by atoms with Gasteiger partial charge in [0, 0.05) is 5.56 Å². The number of hydrogen-bond acceptors (Lipinski definition) is 3. The molecular formula is C15H12O3. The number of carbonyl (C=O) groups is 1. The minimum absolute atomic E-state index is 0.320. The van der Waals surface area contributed by atoms with Crippen LogP contribution in [0.3, 0.4) is 0 Å². The van der Waals surface area contributed by atoms with Crippen molar-refractivity contribution in [1.29, 1.82) is 0 Å². The fourth-order valence-electron chi connectivity index (χ4n) is 2.16. The number of rotatable bonds is 1. The van der Waals surface area contributed by atoms with Crippen molar-refractivity contribution in [3.8, 4) is 5.75 Å². The Balaban J connectivity index is 2.04. The van der Waals surface area contributed by atoms with Gasteiger partial charge < -0.3 is 9.84 Å². The molecule has 90 valence electrons. The van der Waals surface area contributed by atoms with Gasteiger partial charge in [-0.15, -0.1) is 0 Å². The van der Waals surface area contributed by atoms with Crippen LogP contribution in [-0.4, -0.2) is 10.9 Å². The summed E-state index contributed by atoms with van der Waals surface area (Å²) in [6, 6.07) is 16.3. The standard InChI is InChI=1S/C15H12O3/c16-13-11-8-4-5-9-12(11)18-15(14(13)17)10-6-2-1-3-7-10/h1-9,13,15-16H/t13?,15-/m1/s1. The van der Waals surface area contributed by atoms with E-state index in [9.17, 15) is 9.90 Å². The van der Waals surface area contributed by atoms with Gasteiger partial charge in [-0.1, -0.05) is 48.5 Å². The quantitative estimate of drug-likeness (QED) is 0.832. The van der Waals surface area contributed by atoms with Gasteiger partial charge in [-0.2, -0.15) is 0 Å². The second kappa shape index (κ2) is 4.27. The molecule has 2 aromatic rings. The molecule has 2 atom stereocenters. The summed E-state index contributed by atoms with van der Waals surface area (Å²) < 4.78 is 5.69. The molecule has 1 aliphatic rings. The van der Waals surface area contributed by atoms with E-state index in [2.05, 4.69) is 0 Å². The van der Waals surface area contributed by atoms with E-state index in [0.29, 0.717) is 11.3 Å². The molecule has 2 aromatic carbocycles. The monoisotopic (exact) mass is 240 g/mol. The molecular weight excluding hydrogens is 228 g/mol. The van der Waals surface area contributed by atoms with Crippen molar-refractivity contribution in [2.24, 2.45) is 0 Å². The van der Waals surface area contributed by atoms with Crippen LogP contribution in [0.1, 0.15) is 23.3 Å². The highest BCUT2D eigenvalue weighted by atomic mass is 16.5. The first-order valence-electron chi connectivity index (χ1n) is 5.79. The zero-order chi connectivity index (χ0) is 12.5. The molecule has 0 spiro atoms. The molecule has 1 heterocycles. The average Bonchev–Trinajstić information content (AvgIpc) is 2.44. The maximum Gasteiger partial charge on any atom is 0.210 e. The summed E-state index contributed by atoms with van der Waals surface area (Å²) in [6.45, 7) is 0. The first-order chi connectivity index (χ1) is 8.77. The van der Waals surface area contributed by atoms with Crippen LogP contribution in [0.15, 0.2) is 54.6 Å². The lowest BCUT2D eigenvalue weighted by atomic mass is 9.94. The molecule has 1 aliphatic heterocycles. The number of hydrogen-bond donors (Lipinski definition) is 1. The predicted octanol–water partition coefficient (Wildman–Crippen LogP) is 2.42. The lowest BCUT2D eigenvalue weighted by Crippen LogP contribution is -2.29. The first kappa shape index (κ1) is 11.0. The fourth-order valence-corrected chi connectivity index (χ4v) is 2.16. The number of aliphatic hydroxyl groups is 1. The second-order valence-corrected chi connectivity index (χ2v) is 4.25. The molecule has 0 saturated heterocycles. The van der Waals surface area contributed by atoms with Crippen LogP contribution in [0, 0.1) is 0 Å². The van der Waals surface area contributed by atoms with Crippen LogP contribution < -0.4 is 4.74 Å². The van der Waals surface area contributed by atoms with Crippen molar-refractivity contribution in [2.45, 2.75) is 12.2 Å². The summed E-state index contributed by atoms with van der Waals surface area (Å²) >= 11 is 0. The minimum Gasteiger partial charge on any atom is -0.477 e. The molecule has 1 N–H and O–H groups in total. The molecule has 1 unspecified atom stereocenters. The van der Waals surface area contributed by atoms with Gasteiger partial charge in [-0.3, -0.25) is 4.79 Å². The van der Waals surface area contributed by atoms with Gasteiger partial charge >= 0.3 is 0 Å². The normalized spacial score (nSPS) is 22.2. The molecule has 3 nitrogen and oxygen atoms in total. The van der Waals surface area contributed by atoms with Gasteiger partial charge in [-0.05, 0) is 11.6 Å². The Hall–Kier alpha value is -2.13. The maximum atomic E-state index is 12.1. The van der Waals surface area contributed by atoms with Crippen molar-refractivity contribution in [2.75, 3.05) is 0 Å². The van der Waals surface area contributed by atoms with Crippen LogP contribution in [0.25, 0.3) is 0 Å². The van der Waals surface area contributed by atoms with Crippen molar-refractivity contribution in [3.63, 3.8) is 0 Å². The van der Waals surface area contributed by atoms with E-state index < -0.39 is 12.2 Å². The smallest absolute Gasteiger partial charge is 0.210 e. The molecule has 3 rings (SSSR count). The van der Waals surface area contributed by atoms with E-state index in [4.69, 9.17) is 4.74 Å². The number of para-hydroxylation sites is 1. The third-order valence-corrected chi connectivity index (χ3v) is 3.09. The number of benzene rings is 2. The highest BCUT2D eigenvalue weighted by Gasteiger charge is 2.36. The van der Waals surface area contributed by atoms with Gasteiger partial charge in [-0.25, -0.2) is 0 Å². The predicted molar refractivity (Wildman–Crippen MR) is 66.2 cm³/mol. The van der Waals surface area contributed by atoms with E-state index in [0.717, 1.165) is 5.56 Å². The van der Waals surface area contributed by atoms with Gasteiger partial charge in [0.05, 0.1) is 0 Å². The van der Waals surface area contributed by atoms with Crippen LogP contribution in [0.5, 0.6) is 5.75 Å². The lowest BCUT2D eigenvalue weighted by Gasteiger charge is -2.28. The second-order valence-electron chi connectivity index (χ2n) is 4.25. The number of fused-ring (bicyclic) bond motifs is 1. The summed E-state index contributed by atoms with van der Waals surface area (Å²) in [5.74, 6) is 0.248. The SMILES string of the molecule is O=C1C(O)c2ccccc2O[C@@H]1c1ccccc1. The Kier molecular flexibility index (Phi) is 2.61. The summed E-state index contributed by atoms with van der Waals surface area (Å²) in [6.07, 6.45) is -1.84. The topological polar surface area (TPSA) is 46.5 Å².